The number of hydrogen-bond donors (Lipinski definition) is 1. The van der Waals surface area contributed by atoms with Crippen molar-refractivity contribution in [1.29, 1.82) is 0 Å². The van der Waals surface area contributed by atoms with E-state index in [-0.39, 0.29) is 12.3 Å². The predicted molar refractivity (Wildman–Crippen MR) is 80.2 cm³/mol. The number of alkyl halides is 3. The molecule has 1 saturated carbocycles. The standard InChI is InChI=1S/C17H19F3N2O/c18-17(19,20)14-7-5-12(6-8-14)16-21-9-13(10-22-16)15(23)11-3-1-2-4-11/h5-7,9-11,14-15,23H,1-4,8H2. The molecule has 0 aromatic carbocycles. The minimum atomic E-state index is -4.21. The fourth-order valence-corrected chi connectivity index (χ4v) is 3.21. The number of halogens is 3. The van der Waals surface area contributed by atoms with Gasteiger partial charge in [0.25, 0.3) is 0 Å². The molecule has 0 bridgehead atoms. The number of aliphatic hydroxyl groups is 1. The number of rotatable bonds is 3. The fraction of sp³-hybridized carbons (Fsp3) is 0.529. The summed E-state index contributed by atoms with van der Waals surface area (Å²) in [6, 6.07) is 0. The molecule has 0 amide bonds. The van der Waals surface area contributed by atoms with E-state index in [0.29, 0.717) is 17.0 Å². The maximum Gasteiger partial charge on any atom is 0.395 e. The first kappa shape index (κ1) is 16.2. The second-order valence-electron chi connectivity index (χ2n) is 6.23. The maximum atomic E-state index is 12.6. The Labute approximate surface area is 133 Å². The summed E-state index contributed by atoms with van der Waals surface area (Å²) in [5, 5.41) is 10.3. The Bertz CT molecular complexity index is 601. The molecular weight excluding hydrogens is 305 g/mol. The predicted octanol–water partition coefficient (Wildman–Crippen LogP) is 4.22. The molecule has 2 aliphatic carbocycles. The van der Waals surface area contributed by atoms with Crippen LogP contribution in [-0.4, -0.2) is 21.3 Å². The largest absolute Gasteiger partial charge is 0.395 e. The van der Waals surface area contributed by atoms with Crippen LogP contribution in [0.2, 0.25) is 0 Å². The van der Waals surface area contributed by atoms with Crippen LogP contribution in [0.4, 0.5) is 13.2 Å². The third kappa shape index (κ3) is 3.63. The fourth-order valence-electron chi connectivity index (χ4n) is 3.21. The number of hydrogen-bond acceptors (Lipinski definition) is 3. The van der Waals surface area contributed by atoms with E-state index in [1.54, 1.807) is 12.4 Å². The molecule has 3 rings (SSSR count). The van der Waals surface area contributed by atoms with Gasteiger partial charge in [0.2, 0.25) is 0 Å². The van der Waals surface area contributed by atoms with Crippen molar-refractivity contribution in [1.82, 2.24) is 9.97 Å². The highest BCUT2D eigenvalue weighted by Gasteiger charge is 2.37. The average molecular weight is 324 g/mol. The Morgan fingerprint density at radius 1 is 1.13 bits per heavy atom. The minimum Gasteiger partial charge on any atom is -0.388 e. The van der Waals surface area contributed by atoms with Crippen molar-refractivity contribution in [2.75, 3.05) is 0 Å². The normalized spacial score (nSPS) is 23.8. The lowest BCUT2D eigenvalue weighted by atomic mass is 9.95. The van der Waals surface area contributed by atoms with E-state index in [2.05, 4.69) is 9.97 Å². The van der Waals surface area contributed by atoms with Gasteiger partial charge >= 0.3 is 6.18 Å². The van der Waals surface area contributed by atoms with Crippen LogP contribution in [0.25, 0.3) is 5.57 Å². The van der Waals surface area contributed by atoms with Crippen LogP contribution >= 0.6 is 0 Å². The molecule has 3 nitrogen and oxygen atoms in total. The van der Waals surface area contributed by atoms with Gasteiger partial charge in [0, 0.05) is 23.5 Å². The first-order chi connectivity index (χ1) is 10.9. The molecule has 23 heavy (non-hydrogen) atoms. The third-order valence-corrected chi connectivity index (χ3v) is 4.64. The average Bonchev–Trinajstić information content (AvgIpc) is 3.08. The number of aromatic nitrogens is 2. The van der Waals surface area contributed by atoms with Crippen molar-refractivity contribution >= 4 is 5.57 Å². The molecule has 1 aromatic rings. The van der Waals surface area contributed by atoms with Crippen molar-refractivity contribution < 1.29 is 18.3 Å². The molecule has 6 heteroatoms. The monoisotopic (exact) mass is 324 g/mol. The van der Waals surface area contributed by atoms with E-state index in [4.69, 9.17) is 0 Å². The SMILES string of the molecule is OC(c1cnc(C2=CCC(C(F)(F)F)C=C2)nc1)C1CCCC1. The molecular formula is C17H19F3N2O. The smallest absolute Gasteiger partial charge is 0.388 e. The Hall–Kier alpha value is -1.69. The highest BCUT2D eigenvalue weighted by atomic mass is 19.4. The zero-order chi connectivity index (χ0) is 16.4. The van der Waals surface area contributed by atoms with Crippen LogP contribution in [0.15, 0.2) is 30.6 Å². The zero-order valence-electron chi connectivity index (χ0n) is 12.6. The first-order valence-electron chi connectivity index (χ1n) is 7.90. The summed E-state index contributed by atoms with van der Waals surface area (Å²) in [7, 11) is 0. The number of nitrogens with zero attached hydrogens (tertiary/aromatic N) is 2. The van der Waals surface area contributed by atoms with E-state index in [0.717, 1.165) is 31.8 Å². The summed E-state index contributed by atoms with van der Waals surface area (Å²) in [6.07, 6.45) is 6.68. The topological polar surface area (TPSA) is 46.0 Å². The van der Waals surface area contributed by atoms with Gasteiger partial charge in [-0.3, -0.25) is 0 Å². The van der Waals surface area contributed by atoms with Gasteiger partial charge in [-0.25, -0.2) is 9.97 Å². The molecule has 2 aliphatic rings. The summed E-state index contributed by atoms with van der Waals surface area (Å²) < 4.78 is 37.9. The van der Waals surface area contributed by atoms with Gasteiger partial charge in [-0.2, -0.15) is 13.2 Å². The lowest BCUT2D eigenvalue weighted by molar-refractivity contribution is -0.160. The quantitative estimate of drug-likeness (QED) is 0.905. The van der Waals surface area contributed by atoms with E-state index < -0.39 is 18.2 Å². The summed E-state index contributed by atoms with van der Waals surface area (Å²) in [4.78, 5) is 8.42. The maximum absolute atomic E-state index is 12.6. The van der Waals surface area contributed by atoms with Crippen LogP contribution in [0, 0.1) is 11.8 Å². The molecule has 2 unspecified atom stereocenters. The first-order valence-corrected chi connectivity index (χ1v) is 7.90. The van der Waals surface area contributed by atoms with Crippen LogP contribution in [0.1, 0.15) is 49.6 Å². The summed E-state index contributed by atoms with van der Waals surface area (Å²) >= 11 is 0. The van der Waals surface area contributed by atoms with Crippen molar-refractivity contribution in [3.63, 3.8) is 0 Å². The molecule has 1 N–H and O–H groups in total. The van der Waals surface area contributed by atoms with Crippen molar-refractivity contribution in [2.45, 2.75) is 44.4 Å². The van der Waals surface area contributed by atoms with Gasteiger partial charge in [-0.05, 0) is 25.2 Å². The second-order valence-corrected chi connectivity index (χ2v) is 6.23. The molecule has 1 heterocycles. The highest BCUT2D eigenvalue weighted by Crippen LogP contribution is 2.36. The van der Waals surface area contributed by atoms with Crippen LogP contribution < -0.4 is 0 Å². The summed E-state index contributed by atoms with van der Waals surface area (Å²) in [5.74, 6) is -0.787. The zero-order valence-corrected chi connectivity index (χ0v) is 12.6. The van der Waals surface area contributed by atoms with Gasteiger partial charge in [0.05, 0.1) is 12.0 Å². The number of allylic oxidation sites excluding steroid dienone is 4. The second kappa shape index (κ2) is 6.43. The molecule has 0 aliphatic heterocycles. The van der Waals surface area contributed by atoms with Gasteiger partial charge in [-0.15, -0.1) is 0 Å². The Kier molecular flexibility index (Phi) is 4.53. The van der Waals surface area contributed by atoms with Crippen molar-refractivity contribution in [3.05, 3.63) is 42.0 Å². The van der Waals surface area contributed by atoms with E-state index in [1.807, 2.05) is 0 Å². The van der Waals surface area contributed by atoms with E-state index >= 15 is 0 Å². The summed E-state index contributed by atoms with van der Waals surface area (Å²) in [6.45, 7) is 0. The molecule has 1 fully saturated rings. The summed E-state index contributed by atoms with van der Waals surface area (Å²) in [5.41, 5.74) is 1.27. The third-order valence-electron chi connectivity index (χ3n) is 4.64. The molecule has 1 aromatic heterocycles. The van der Waals surface area contributed by atoms with Crippen LogP contribution in [0.5, 0.6) is 0 Å². The van der Waals surface area contributed by atoms with Gasteiger partial charge in [0.15, 0.2) is 5.82 Å². The van der Waals surface area contributed by atoms with Crippen LogP contribution in [0.3, 0.4) is 0 Å². The molecule has 124 valence electrons. The Morgan fingerprint density at radius 3 is 2.30 bits per heavy atom. The van der Waals surface area contributed by atoms with Crippen molar-refractivity contribution in [3.8, 4) is 0 Å². The molecule has 0 spiro atoms. The lowest BCUT2D eigenvalue weighted by Crippen LogP contribution is -2.21. The molecule has 0 saturated heterocycles. The molecule has 2 atom stereocenters. The molecule has 0 radical (unpaired) electrons. The van der Waals surface area contributed by atoms with E-state index in [1.165, 1.54) is 12.2 Å². The van der Waals surface area contributed by atoms with E-state index in [9.17, 15) is 18.3 Å². The van der Waals surface area contributed by atoms with Gasteiger partial charge in [-0.1, -0.05) is 31.1 Å². The van der Waals surface area contributed by atoms with Gasteiger partial charge < -0.3 is 5.11 Å². The Morgan fingerprint density at radius 2 is 1.78 bits per heavy atom. The van der Waals surface area contributed by atoms with Crippen molar-refractivity contribution in [2.24, 2.45) is 11.8 Å². The lowest BCUT2D eigenvalue weighted by Gasteiger charge is -2.19. The minimum absolute atomic E-state index is 0.0921. The Balaban J connectivity index is 1.68. The van der Waals surface area contributed by atoms with Crippen LogP contribution in [-0.2, 0) is 0 Å². The van der Waals surface area contributed by atoms with Gasteiger partial charge in [0.1, 0.15) is 0 Å². The number of aliphatic hydroxyl groups excluding tert-OH is 1. The highest BCUT2D eigenvalue weighted by molar-refractivity contribution is 5.70.